The largest absolute Gasteiger partial charge is 0.497 e. The molecular weight excluding hydrogens is 360 g/mol. The molecule has 0 radical (unpaired) electrons. The Hall–Kier alpha value is -4.01. The van der Waals surface area contributed by atoms with Crippen LogP contribution in [0.15, 0.2) is 54.9 Å². The Balaban J connectivity index is 1.63. The van der Waals surface area contributed by atoms with E-state index in [9.17, 15) is 4.79 Å². The zero-order valence-electron chi connectivity index (χ0n) is 14.9. The lowest BCUT2D eigenvalue weighted by Gasteiger charge is -2.07. The van der Waals surface area contributed by atoms with Gasteiger partial charge in [0.15, 0.2) is 17.0 Å². The molecule has 0 fully saturated rings. The van der Waals surface area contributed by atoms with Gasteiger partial charge in [0, 0.05) is 5.69 Å². The number of carbonyl (C=O) groups is 1. The van der Waals surface area contributed by atoms with Crippen LogP contribution >= 0.6 is 0 Å². The number of fused-ring (bicyclic) bond motifs is 1. The third-order valence-corrected chi connectivity index (χ3v) is 4.16. The molecule has 4 aromatic rings. The average Bonchev–Trinajstić information content (AvgIpc) is 3.13. The van der Waals surface area contributed by atoms with Crippen LogP contribution in [0, 0.1) is 0 Å². The standard InChI is InChI=1S/C19H16N6O3/c1-28-15-7-5-12(6-8-15)10-25-18-16(23-24-25)17(20-11-21-18)22-14-4-2-3-13(9-14)19(26)27/h2-9,11H,10H2,1H3,(H,26,27)(H,20,21,22). The monoisotopic (exact) mass is 376 g/mol. The van der Waals surface area contributed by atoms with Crippen LogP contribution < -0.4 is 10.1 Å². The molecule has 2 aromatic heterocycles. The Morgan fingerprint density at radius 1 is 1.18 bits per heavy atom. The van der Waals surface area contributed by atoms with Crippen molar-refractivity contribution in [2.45, 2.75) is 6.54 Å². The Bertz CT molecular complexity index is 1140. The first-order valence-corrected chi connectivity index (χ1v) is 8.41. The Labute approximate surface area is 159 Å². The van der Waals surface area contributed by atoms with Crippen molar-refractivity contribution in [2.75, 3.05) is 12.4 Å². The fourth-order valence-corrected chi connectivity index (χ4v) is 2.76. The molecule has 2 aromatic carbocycles. The summed E-state index contributed by atoms with van der Waals surface area (Å²) >= 11 is 0. The van der Waals surface area contributed by atoms with E-state index in [1.54, 1.807) is 23.9 Å². The van der Waals surface area contributed by atoms with Crippen molar-refractivity contribution in [3.8, 4) is 5.75 Å². The number of anilines is 2. The second-order valence-electron chi connectivity index (χ2n) is 6.00. The first-order chi connectivity index (χ1) is 13.6. The summed E-state index contributed by atoms with van der Waals surface area (Å²) in [5.41, 5.74) is 2.86. The fraction of sp³-hybridized carbons (Fsp3) is 0.105. The van der Waals surface area contributed by atoms with Gasteiger partial charge in [-0.05, 0) is 35.9 Å². The van der Waals surface area contributed by atoms with Gasteiger partial charge in [-0.1, -0.05) is 23.4 Å². The highest BCUT2D eigenvalue weighted by Crippen LogP contribution is 2.22. The van der Waals surface area contributed by atoms with E-state index < -0.39 is 5.97 Å². The number of aromatic nitrogens is 5. The van der Waals surface area contributed by atoms with Gasteiger partial charge in [0.1, 0.15) is 12.1 Å². The molecule has 0 saturated heterocycles. The molecule has 0 aliphatic heterocycles. The Morgan fingerprint density at radius 3 is 2.75 bits per heavy atom. The number of carboxylic acids is 1. The number of rotatable bonds is 6. The molecular formula is C19H16N6O3. The van der Waals surface area contributed by atoms with Crippen LogP contribution in [0.2, 0.25) is 0 Å². The van der Waals surface area contributed by atoms with Crippen LogP contribution in [0.5, 0.6) is 5.75 Å². The van der Waals surface area contributed by atoms with Crippen molar-refractivity contribution in [3.63, 3.8) is 0 Å². The molecule has 0 amide bonds. The number of aromatic carboxylic acids is 1. The summed E-state index contributed by atoms with van der Waals surface area (Å²) in [6.45, 7) is 0.492. The molecule has 0 bridgehead atoms. The quantitative estimate of drug-likeness (QED) is 0.528. The fourth-order valence-electron chi connectivity index (χ4n) is 2.76. The van der Waals surface area contributed by atoms with Crippen LogP contribution in [-0.4, -0.2) is 43.1 Å². The first-order valence-electron chi connectivity index (χ1n) is 8.41. The van der Waals surface area contributed by atoms with Crippen LogP contribution in [0.25, 0.3) is 11.2 Å². The van der Waals surface area contributed by atoms with Crippen molar-refractivity contribution in [3.05, 3.63) is 66.0 Å². The summed E-state index contributed by atoms with van der Waals surface area (Å²) < 4.78 is 6.85. The van der Waals surface area contributed by atoms with E-state index in [1.165, 1.54) is 18.5 Å². The van der Waals surface area contributed by atoms with Crippen molar-refractivity contribution < 1.29 is 14.6 Å². The summed E-state index contributed by atoms with van der Waals surface area (Å²) in [7, 11) is 1.62. The molecule has 0 saturated carbocycles. The highest BCUT2D eigenvalue weighted by molar-refractivity contribution is 5.90. The van der Waals surface area contributed by atoms with Gasteiger partial charge >= 0.3 is 5.97 Å². The molecule has 0 aliphatic carbocycles. The number of nitrogens with one attached hydrogen (secondary N) is 1. The third kappa shape index (κ3) is 3.45. The second-order valence-corrected chi connectivity index (χ2v) is 6.00. The van der Waals surface area contributed by atoms with Gasteiger partial charge in [-0.3, -0.25) is 0 Å². The molecule has 2 N–H and O–H groups in total. The SMILES string of the molecule is COc1ccc(Cn2nnc3c(Nc4cccc(C(=O)O)c4)ncnc32)cc1. The van der Waals surface area contributed by atoms with E-state index in [0.717, 1.165) is 11.3 Å². The molecule has 0 spiro atoms. The van der Waals surface area contributed by atoms with Gasteiger partial charge in [-0.2, -0.15) is 0 Å². The first kappa shape index (κ1) is 17.4. The summed E-state index contributed by atoms with van der Waals surface area (Å²) in [5.74, 6) is 0.236. The maximum Gasteiger partial charge on any atom is 0.335 e. The molecule has 4 rings (SSSR count). The van der Waals surface area contributed by atoms with Gasteiger partial charge in [0.05, 0.1) is 19.2 Å². The zero-order chi connectivity index (χ0) is 19.5. The predicted molar refractivity (Wildman–Crippen MR) is 102 cm³/mol. The lowest BCUT2D eigenvalue weighted by molar-refractivity contribution is 0.0697. The Morgan fingerprint density at radius 2 is 2.00 bits per heavy atom. The number of hydrogen-bond donors (Lipinski definition) is 2. The second kappa shape index (κ2) is 7.31. The van der Waals surface area contributed by atoms with Crippen LogP contribution in [0.1, 0.15) is 15.9 Å². The van der Waals surface area contributed by atoms with Crippen LogP contribution in [0.4, 0.5) is 11.5 Å². The van der Waals surface area contributed by atoms with E-state index in [0.29, 0.717) is 29.2 Å². The van der Waals surface area contributed by atoms with Crippen molar-refractivity contribution in [2.24, 2.45) is 0 Å². The number of ether oxygens (including phenoxy) is 1. The highest BCUT2D eigenvalue weighted by Gasteiger charge is 2.13. The Kier molecular flexibility index (Phi) is 4.55. The predicted octanol–water partition coefficient (Wildman–Crippen LogP) is 2.72. The summed E-state index contributed by atoms with van der Waals surface area (Å²) in [4.78, 5) is 19.7. The summed E-state index contributed by atoms with van der Waals surface area (Å²) in [6, 6.07) is 14.1. The number of nitrogens with zero attached hydrogens (tertiary/aromatic N) is 5. The van der Waals surface area contributed by atoms with Gasteiger partial charge in [-0.25, -0.2) is 19.4 Å². The zero-order valence-corrected chi connectivity index (χ0v) is 14.9. The molecule has 0 atom stereocenters. The number of benzene rings is 2. The molecule has 0 aliphatic rings. The van der Waals surface area contributed by atoms with Gasteiger partial charge in [-0.15, -0.1) is 5.10 Å². The smallest absolute Gasteiger partial charge is 0.335 e. The minimum absolute atomic E-state index is 0.179. The highest BCUT2D eigenvalue weighted by atomic mass is 16.5. The third-order valence-electron chi connectivity index (χ3n) is 4.16. The molecule has 140 valence electrons. The van der Waals surface area contributed by atoms with Crippen molar-refractivity contribution in [1.29, 1.82) is 0 Å². The summed E-state index contributed by atoms with van der Waals surface area (Å²) in [5, 5.41) is 20.6. The van der Waals surface area contributed by atoms with Crippen LogP contribution in [-0.2, 0) is 6.54 Å². The lowest BCUT2D eigenvalue weighted by Crippen LogP contribution is -2.03. The number of carboxylic acid groups (broad SMARTS) is 1. The van der Waals surface area contributed by atoms with Crippen LogP contribution in [0.3, 0.4) is 0 Å². The number of methoxy groups -OCH3 is 1. The minimum atomic E-state index is -0.998. The van der Waals surface area contributed by atoms with Gasteiger partial charge < -0.3 is 15.2 Å². The minimum Gasteiger partial charge on any atom is -0.497 e. The molecule has 28 heavy (non-hydrogen) atoms. The molecule has 9 heteroatoms. The van der Waals surface area contributed by atoms with Gasteiger partial charge in [0.2, 0.25) is 0 Å². The van der Waals surface area contributed by atoms with Crippen molar-refractivity contribution >= 4 is 28.6 Å². The maximum atomic E-state index is 11.1. The maximum absolute atomic E-state index is 11.1. The van der Waals surface area contributed by atoms with E-state index in [4.69, 9.17) is 9.84 Å². The topological polar surface area (TPSA) is 115 Å². The van der Waals surface area contributed by atoms with Crippen molar-refractivity contribution in [1.82, 2.24) is 25.0 Å². The van der Waals surface area contributed by atoms with Gasteiger partial charge in [0.25, 0.3) is 0 Å². The molecule has 9 nitrogen and oxygen atoms in total. The van der Waals surface area contributed by atoms with E-state index in [1.807, 2.05) is 24.3 Å². The average molecular weight is 376 g/mol. The number of hydrogen-bond acceptors (Lipinski definition) is 7. The lowest BCUT2D eigenvalue weighted by atomic mass is 10.2. The molecule has 0 unspecified atom stereocenters. The van der Waals surface area contributed by atoms with E-state index in [2.05, 4.69) is 25.6 Å². The molecule has 2 heterocycles. The summed E-state index contributed by atoms with van der Waals surface area (Å²) in [6.07, 6.45) is 1.42. The normalized spacial score (nSPS) is 10.8. The van der Waals surface area contributed by atoms with E-state index >= 15 is 0 Å². The van der Waals surface area contributed by atoms with E-state index in [-0.39, 0.29) is 5.56 Å².